The molecule has 0 spiro atoms. The smallest absolute Gasteiger partial charge is 0.150 e. The number of hydrogen-bond acceptors (Lipinski definition) is 5. The van der Waals surface area contributed by atoms with Crippen LogP contribution in [0.4, 0.5) is 0 Å². The fourth-order valence-corrected chi connectivity index (χ4v) is 5.89. The molecule has 0 aromatic carbocycles. The van der Waals surface area contributed by atoms with Crippen LogP contribution in [0.3, 0.4) is 0 Å². The van der Waals surface area contributed by atoms with Crippen LogP contribution in [0.25, 0.3) is 0 Å². The average Bonchev–Trinajstić information content (AvgIpc) is 2.65. The van der Waals surface area contributed by atoms with Crippen molar-refractivity contribution in [2.75, 3.05) is 38.2 Å². The molecule has 2 N–H and O–H groups in total. The lowest BCUT2D eigenvalue weighted by Gasteiger charge is -2.46. The van der Waals surface area contributed by atoms with Crippen molar-refractivity contribution >= 4 is 9.84 Å². The summed E-state index contributed by atoms with van der Waals surface area (Å²) in [7, 11) is -0.583. The van der Waals surface area contributed by atoms with E-state index in [1.54, 1.807) is 0 Å². The SMILES string of the molecule is CN1C2CCC1CN(C1(CN)CCS(=O)(=O)CC1)CC2. The molecule has 3 heterocycles. The molecule has 116 valence electrons. The van der Waals surface area contributed by atoms with Gasteiger partial charge in [0.2, 0.25) is 0 Å². The second-order valence-electron chi connectivity index (χ2n) is 6.87. The fourth-order valence-electron chi connectivity index (χ4n) is 4.31. The average molecular weight is 301 g/mol. The van der Waals surface area contributed by atoms with Gasteiger partial charge < -0.3 is 5.73 Å². The molecular weight excluding hydrogens is 274 g/mol. The topological polar surface area (TPSA) is 66.6 Å². The van der Waals surface area contributed by atoms with Gasteiger partial charge in [0.1, 0.15) is 9.84 Å². The van der Waals surface area contributed by atoms with Crippen LogP contribution in [-0.2, 0) is 9.84 Å². The summed E-state index contributed by atoms with van der Waals surface area (Å²) in [5.41, 5.74) is 6.02. The molecule has 5 nitrogen and oxygen atoms in total. The van der Waals surface area contributed by atoms with Crippen LogP contribution in [0.1, 0.15) is 32.1 Å². The highest BCUT2D eigenvalue weighted by molar-refractivity contribution is 7.91. The van der Waals surface area contributed by atoms with Gasteiger partial charge in [-0.2, -0.15) is 0 Å². The van der Waals surface area contributed by atoms with Gasteiger partial charge in [0.25, 0.3) is 0 Å². The molecule has 2 bridgehead atoms. The standard InChI is InChI=1S/C14H27N3O2S/c1-16-12-2-3-13(16)10-17(7-4-12)14(11-15)5-8-20(18,19)9-6-14/h12-13H,2-11,15H2,1H3. The van der Waals surface area contributed by atoms with Crippen LogP contribution in [0.15, 0.2) is 0 Å². The lowest BCUT2D eigenvalue weighted by Crippen LogP contribution is -2.59. The monoisotopic (exact) mass is 301 g/mol. The molecule has 0 aliphatic carbocycles. The molecule has 20 heavy (non-hydrogen) atoms. The van der Waals surface area contributed by atoms with Crippen molar-refractivity contribution in [3.8, 4) is 0 Å². The maximum absolute atomic E-state index is 11.7. The molecule has 2 unspecified atom stereocenters. The van der Waals surface area contributed by atoms with Gasteiger partial charge >= 0.3 is 0 Å². The minimum Gasteiger partial charge on any atom is -0.329 e. The van der Waals surface area contributed by atoms with E-state index in [-0.39, 0.29) is 5.54 Å². The highest BCUT2D eigenvalue weighted by Crippen LogP contribution is 2.35. The minimum absolute atomic E-state index is 0.0728. The van der Waals surface area contributed by atoms with E-state index in [0.717, 1.165) is 13.1 Å². The van der Waals surface area contributed by atoms with Gasteiger partial charge in [-0.3, -0.25) is 9.80 Å². The Balaban J connectivity index is 1.77. The van der Waals surface area contributed by atoms with Gasteiger partial charge in [-0.1, -0.05) is 0 Å². The van der Waals surface area contributed by atoms with Crippen molar-refractivity contribution in [2.24, 2.45) is 5.73 Å². The van der Waals surface area contributed by atoms with Crippen molar-refractivity contribution in [3.63, 3.8) is 0 Å². The zero-order chi connectivity index (χ0) is 14.4. The zero-order valence-corrected chi connectivity index (χ0v) is 13.2. The van der Waals surface area contributed by atoms with Gasteiger partial charge in [-0.15, -0.1) is 0 Å². The van der Waals surface area contributed by atoms with E-state index in [0.29, 0.717) is 43.0 Å². The van der Waals surface area contributed by atoms with Crippen molar-refractivity contribution in [1.29, 1.82) is 0 Å². The summed E-state index contributed by atoms with van der Waals surface area (Å²) >= 11 is 0. The van der Waals surface area contributed by atoms with Gasteiger partial charge in [-0.05, 0) is 39.2 Å². The Bertz CT molecular complexity index is 451. The maximum atomic E-state index is 11.7. The molecule has 2 atom stereocenters. The molecule has 0 aromatic rings. The predicted molar refractivity (Wildman–Crippen MR) is 80.4 cm³/mol. The minimum atomic E-state index is -2.83. The van der Waals surface area contributed by atoms with E-state index < -0.39 is 9.84 Å². The van der Waals surface area contributed by atoms with E-state index in [2.05, 4.69) is 16.8 Å². The molecule has 3 fully saturated rings. The van der Waals surface area contributed by atoms with Crippen LogP contribution in [0.5, 0.6) is 0 Å². The number of nitrogens with two attached hydrogens (primary N) is 1. The lowest BCUT2D eigenvalue weighted by atomic mass is 9.88. The normalized spacial score (nSPS) is 37.7. The number of rotatable bonds is 2. The third kappa shape index (κ3) is 2.51. The van der Waals surface area contributed by atoms with Crippen LogP contribution >= 0.6 is 0 Å². The Hall–Kier alpha value is -0.170. The molecule has 0 radical (unpaired) electrons. The Morgan fingerprint density at radius 2 is 1.80 bits per heavy atom. The second-order valence-corrected chi connectivity index (χ2v) is 9.17. The van der Waals surface area contributed by atoms with E-state index in [4.69, 9.17) is 5.73 Å². The maximum Gasteiger partial charge on any atom is 0.150 e. The Kier molecular flexibility index (Phi) is 3.86. The molecular formula is C14H27N3O2S. The van der Waals surface area contributed by atoms with Crippen molar-refractivity contribution in [1.82, 2.24) is 9.80 Å². The summed E-state index contributed by atoms with van der Waals surface area (Å²) in [6.45, 7) is 2.72. The first-order valence-electron chi connectivity index (χ1n) is 7.83. The Morgan fingerprint density at radius 3 is 2.45 bits per heavy atom. The summed E-state index contributed by atoms with van der Waals surface area (Å²) in [6.07, 6.45) is 5.22. The highest BCUT2D eigenvalue weighted by Gasteiger charge is 2.45. The first kappa shape index (κ1) is 14.8. The molecule has 3 aliphatic heterocycles. The lowest BCUT2D eigenvalue weighted by molar-refractivity contribution is 0.0727. The summed E-state index contributed by atoms with van der Waals surface area (Å²) in [4.78, 5) is 5.06. The van der Waals surface area contributed by atoms with Crippen LogP contribution < -0.4 is 5.73 Å². The van der Waals surface area contributed by atoms with E-state index >= 15 is 0 Å². The molecule has 0 aromatic heterocycles. The molecule has 3 saturated heterocycles. The largest absolute Gasteiger partial charge is 0.329 e. The second kappa shape index (κ2) is 5.23. The summed E-state index contributed by atoms with van der Waals surface area (Å²) in [5, 5.41) is 0. The van der Waals surface area contributed by atoms with E-state index in [9.17, 15) is 8.42 Å². The number of likely N-dealkylation sites (N-methyl/N-ethyl adjacent to an activating group) is 1. The van der Waals surface area contributed by atoms with Crippen molar-refractivity contribution in [2.45, 2.75) is 49.7 Å². The quantitative estimate of drug-likeness (QED) is 0.781. The summed E-state index contributed by atoms with van der Waals surface area (Å²) in [5.74, 6) is 0.620. The Morgan fingerprint density at radius 1 is 1.15 bits per heavy atom. The summed E-state index contributed by atoms with van der Waals surface area (Å²) in [6, 6.07) is 1.34. The number of fused-ring (bicyclic) bond motifs is 2. The van der Waals surface area contributed by atoms with Crippen molar-refractivity contribution in [3.05, 3.63) is 0 Å². The third-order valence-corrected chi connectivity index (χ3v) is 7.61. The van der Waals surface area contributed by atoms with Gasteiger partial charge in [0.05, 0.1) is 11.5 Å². The van der Waals surface area contributed by atoms with Gasteiger partial charge in [-0.25, -0.2) is 8.42 Å². The van der Waals surface area contributed by atoms with E-state index in [1.165, 1.54) is 19.3 Å². The fraction of sp³-hybridized carbons (Fsp3) is 1.00. The zero-order valence-electron chi connectivity index (χ0n) is 12.4. The molecule has 0 amide bonds. The van der Waals surface area contributed by atoms with Crippen LogP contribution in [0, 0.1) is 0 Å². The first-order chi connectivity index (χ1) is 9.46. The predicted octanol–water partition coefficient (Wildman–Crippen LogP) is 0.0610. The molecule has 3 rings (SSSR count). The van der Waals surface area contributed by atoms with Crippen molar-refractivity contribution < 1.29 is 8.42 Å². The number of sulfone groups is 1. The molecule has 3 aliphatic rings. The number of hydrogen-bond donors (Lipinski definition) is 1. The molecule has 0 saturated carbocycles. The third-order valence-electron chi connectivity index (χ3n) is 5.96. The highest BCUT2D eigenvalue weighted by atomic mass is 32.2. The summed E-state index contributed by atoms with van der Waals surface area (Å²) < 4.78 is 23.4. The number of nitrogens with zero attached hydrogens (tertiary/aromatic N) is 2. The van der Waals surface area contributed by atoms with Crippen LogP contribution in [0.2, 0.25) is 0 Å². The first-order valence-corrected chi connectivity index (χ1v) is 9.65. The number of likely N-dealkylation sites (tertiary alicyclic amines) is 1. The van der Waals surface area contributed by atoms with E-state index in [1.807, 2.05) is 0 Å². The van der Waals surface area contributed by atoms with Gasteiger partial charge in [0.15, 0.2) is 0 Å². The Labute approximate surface area is 122 Å². The van der Waals surface area contributed by atoms with Gasteiger partial charge in [0, 0.05) is 37.3 Å². The molecule has 6 heteroatoms. The van der Waals surface area contributed by atoms with Crippen LogP contribution in [-0.4, -0.2) is 74.0 Å².